The van der Waals surface area contributed by atoms with E-state index in [2.05, 4.69) is 5.32 Å². The molecular weight excluding hydrogens is 417 g/mol. The zero-order valence-electron chi connectivity index (χ0n) is 16.8. The van der Waals surface area contributed by atoms with Gasteiger partial charge in [-0.3, -0.25) is 9.59 Å². The maximum absolute atomic E-state index is 13.5. The molecule has 4 heterocycles. The molecule has 158 valence electrons. The monoisotopic (exact) mass is 437 g/mol. The zero-order chi connectivity index (χ0) is 21.6. The lowest BCUT2D eigenvalue weighted by molar-refractivity contribution is -0.133. The van der Waals surface area contributed by atoms with Gasteiger partial charge in [0.1, 0.15) is 27.6 Å². The number of carbonyl (C=O) groups excluding carboxylic acids is 2. The molecule has 5 rings (SSSR count). The minimum Gasteiger partial charge on any atom is -0.467 e. The minimum absolute atomic E-state index is 0.186. The number of furan rings is 1. The molecule has 0 bridgehead atoms. The Kier molecular flexibility index (Phi) is 4.66. The molecular formula is C23H20FN3O3S. The number of nitrogens with zero attached hydrogens (tertiary/aromatic N) is 2. The van der Waals surface area contributed by atoms with Gasteiger partial charge in [-0.25, -0.2) is 4.39 Å². The lowest BCUT2D eigenvalue weighted by Crippen LogP contribution is -2.63. The number of rotatable bonds is 5. The predicted molar refractivity (Wildman–Crippen MR) is 115 cm³/mol. The highest BCUT2D eigenvalue weighted by atomic mass is 32.1. The molecule has 31 heavy (non-hydrogen) atoms. The van der Waals surface area contributed by atoms with Crippen LogP contribution in [0.1, 0.15) is 28.7 Å². The van der Waals surface area contributed by atoms with Crippen LogP contribution in [-0.4, -0.2) is 26.8 Å². The first-order chi connectivity index (χ1) is 15.0. The number of halogens is 1. The highest BCUT2D eigenvalue weighted by Gasteiger charge is 2.48. The van der Waals surface area contributed by atoms with E-state index in [1.165, 1.54) is 12.1 Å². The number of hydrogen-bond donors (Lipinski definition) is 1. The van der Waals surface area contributed by atoms with Crippen molar-refractivity contribution < 1.29 is 18.4 Å². The average Bonchev–Trinajstić information content (AvgIpc) is 3.49. The predicted octanol–water partition coefficient (Wildman–Crippen LogP) is 4.17. The van der Waals surface area contributed by atoms with Crippen molar-refractivity contribution in [3.05, 3.63) is 83.0 Å². The molecule has 1 unspecified atom stereocenters. The number of thiophene rings is 1. The van der Waals surface area contributed by atoms with Crippen molar-refractivity contribution in [2.24, 2.45) is 0 Å². The van der Waals surface area contributed by atoms with E-state index in [9.17, 15) is 14.0 Å². The van der Waals surface area contributed by atoms with E-state index < -0.39 is 5.54 Å². The Morgan fingerprint density at radius 2 is 2.06 bits per heavy atom. The Hall–Kier alpha value is -3.39. The number of amides is 2. The van der Waals surface area contributed by atoms with Crippen molar-refractivity contribution in [2.45, 2.75) is 32.1 Å². The van der Waals surface area contributed by atoms with Gasteiger partial charge in [0.05, 0.1) is 19.4 Å². The van der Waals surface area contributed by atoms with Gasteiger partial charge in [-0.05, 0) is 54.3 Å². The summed E-state index contributed by atoms with van der Waals surface area (Å²) in [7, 11) is 0. The summed E-state index contributed by atoms with van der Waals surface area (Å²) in [5.74, 6) is -0.219. The number of fused-ring (bicyclic) bond motifs is 3. The molecule has 0 saturated carbocycles. The van der Waals surface area contributed by atoms with Gasteiger partial charge >= 0.3 is 0 Å². The van der Waals surface area contributed by atoms with Crippen LogP contribution in [0.4, 0.5) is 4.39 Å². The van der Waals surface area contributed by atoms with Crippen LogP contribution in [0.25, 0.3) is 10.2 Å². The molecule has 0 fully saturated rings. The number of aromatic nitrogens is 1. The summed E-state index contributed by atoms with van der Waals surface area (Å²) in [4.78, 5) is 29.5. The van der Waals surface area contributed by atoms with E-state index in [-0.39, 0.29) is 30.7 Å². The van der Waals surface area contributed by atoms with Crippen molar-refractivity contribution in [3.8, 4) is 0 Å². The van der Waals surface area contributed by atoms with Crippen LogP contribution < -0.4 is 5.32 Å². The van der Waals surface area contributed by atoms with Crippen LogP contribution in [0.5, 0.6) is 0 Å². The fourth-order valence-corrected chi connectivity index (χ4v) is 4.94. The molecule has 1 aliphatic heterocycles. The molecule has 2 amide bonds. The first kappa shape index (κ1) is 19.6. The standard InChI is InChI=1S/C23H20FN3O3S/c1-23(22(29)25-12-15-4-6-17(24)7-5-15)14-26-19(11-16-8-10-31-21(16)26)20(28)27(23)13-18-3-2-9-30-18/h2-11H,12-14H2,1H3,(H,25,29). The third kappa shape index (κ3) is 3.33. The van der Waals surface area contributed by atoms with Crippen LogP contribution in [0.3, 0.4) is 0 Å². The second kappa shape index (κ2) is 7.39. The summed E-state index contributed by atoms with van der Waals surface area (Å²) in [5, 5.41) is 5.89. The lowest BCUT2D eigenvalue weighted by Gasteiger charge is -2.43. The first-order valence-corrected chi connectivity index (χ1v) is 10.8. The molecule has 1 aromatic carbocycles. The van der Waals surface area contributed by atoms with Crippen molar-refractivity contribution in [1.82, 2.24) is 14.8 Å². The van der Waals surface area contributed by atoms with Gasteiger partial charge < -0.3 is 19.2 Å². The summed E-state index contributed by atoms with van der Waals surface area (Å²) in [6.07, 6.45) is 1.55. The molecule has 0 saturated heterocycles. The molecule has 1 atom stereocenters. The quantitative estimate of drug-likeness (QED) is 0.510. The number of nitrogens with one attached hydrogen (secondary N) is 1. The van der Waals surface area contributed by atoms with Gasteiger partial charge in [-0.15, -0.1) is 11.3 Å². The normalized spacial score (nSPS) is 18.4. The molecule has 0 radical (unpaired) electrons. The SMILES string of the molecule is CC1(C(=O)NCc2ccc(F)cc2)Cn2c(cc3ccsc32)C(=O)N1Cc1ccco1. The Balaban J connectivity index is 1.49. The summed E-state index contributed by atoms with van der Waals surface area (Å²) in [6.45, 7) is 2.53. The molecule has 4 aromatic rings. The molecule has 8 heteroatoms. The summed E-state index contributed by atoms with van der Waals surface area (Å²) in [5.41, 5.74) is 0.213. The fourth-order valence-electron chi connectivity index (χ4n) is 4.04. The van der Waals surface area contributed by atoms with Gasteiger partial charge in [0, 0.05) is 11.9 Å². The van der Waals surface area contributed by atoms with Crippen molar-refractivity contribution in [1.29, 1.82) is 0 Å². The van der Waals surface area contributed by atoms with E-state index in [1.807, 2.05) is 22.1 Å². The van der Waals surface area contributed by atoms with Gasteiger partial charge in [-0.2, -0.15) is 0 Å². The average molecular weight is 437 g/mol. The molecule has 6 nitrogen and oxygen atoms in total. The van der Waals surface area contributed by atoms with Crippen LogP contribution in [0, 0.1) is 5.82 Å². The van der Waals surface area contributed by atoms with Crippen LogP contribution in [0.2, 0.25) is 0 Å². The third-order valence-corrected chi connectivity index (χ3v) is 6.73. The van der Waals surface area contributed by atoms with Gasteiger partial charge in [0.2, 0.25) is 5.91 Å². The van der Waals surface area contributed by atoms with E-state index in [0.29, 0.717) is 18.0 Å². The first-order valence-electron chi connectivity index (χ1n) is 9.89. The Labute approximate surface area is 181 Å². The van der Waals surface area contributed by atoms with Gasteiger partial charge in [0.25, 0.3) is 5.91 Å². The maximum atomic E-state index is 13.5. The highest BCUT2D eigenvalue weighted by molar-refractivity contribution is 7.16. The summed E-state index contributed by atoms with van der Waals surface area (Å²) >= 11 is 1.55. The summed E-state index contributed by atoms with van der Waals surface area (Å²) < 4.78 is 20.6. The number of hydrogen-bond acceptors (Lipinski definition) is 4. The van der Waals surface area contributed by atoms with Crippen LogP contribution >= 0.6 is 11.3 Å². The van der Waals surface area contributed by atoms with Crippen molar-refractivity contribution in [2.75, 3.05) is 0 Å². The third-order valence-electron chi connectivity index (χ3n) is 5.78. The van der Waals surface area contributed by atoms with Crippen molar-refractivity contribution in [3.63, 3.8) is 0 Å². The molecule has 0 spiro atoms. The minimum atomic E-state index is -1.13. The number of carbonyl (C=O) groups is 2. The Morgan fingerprint density at radius 1 is 1.26 bits per heavy atom. The Morgan fingerprint density at radius 3 is 2.81 bits per heavy atom. The van der Waals surface area contributed by atoms with E-state index in [4.69, 9.17) is 4.42 Å². The van der Waals surface area contributed by atoms with Crippen LogP contribution in [0.15, 0.2) is 64.6 Å². The smallest absolute Gasteiger partial charge is 0.271 e. The maximum Gasteiger partial charge on any atom is 0.271 e. The highest BCUT2D eigenvalue weighted by Crippen LogP contribution is 2.35. The van der Waals surface area contributed by atoms with E-state index >= 15 is 0 Å². The largest absolute Gasteiger partial charge is 0.467 e. The second-order valence-electron chi connectivity index (χ2n) is 7.85. The second-order valence-corrected chi connectivity index (χ2v) is 8.75. The van der Waals surface area contributed by atoms with E-state index in [0.717, 1.165) is 15.8 Å². The van der Waals surface area contributed by atoms with Gasteiger partial charge in [-0.1, -0.05) is 12.1 Å². The summed E-state index contributed by atoms with van der Waals surface area (Å²) in [6, 6.07) is 13.4. The van der Waals surface area contributed by atoms with Crippen LogP contribution in [-0.2, 0) is 24.4 Å². The molecule has 3 aromatic heterocycles. The molecule has 1 N–H and O–H groups in total. The fraction of sp³-hybridized carbons (Fsp3) is 0.217. The Bertz CT molecular complexity index is 1260. The van der Waals surface area contributed by atoms with Crippen molar-refractivity contribution >= 4 is 33.4 Å². The molecule has 1 aliphatic rings. The van der Waals surface area contributed by atoms with Gasteiger partial charge in [0.15, 0.2) is 0 Å². The zero-order valence-corrected chi connectivity index (χ0v) is 17.6. The molecule has 0 aliphatic carbocycles. The topological polar surface area (TPSA) is 67.5 Å². The number of benzene rings is 1. The van der Waals surface area contributed by atoms with E-state index in [1.54, 1.807) is 53.7 Å². The lowest BCUT2D eigenvalue weighted by atomic mass is 9.94.